The molecule has 44 heavy (non-hydrogen) atoms. The number of hydrogen-bond acceptors (Lipinski definition) is 5. The second kappa shape index (κ2) is 19.5. The van der Waals surface area contributed by atoms with E-state index in [9.17, 15) is 5.11 Å². The summed E-state index contributed by atoms with van der Waals surface area (Å²) in [6.07, 6.45) is 21.6. The molecule has 0 saturated heterocycles. The number of phenols is 1. The molecule has 0 aliphatic carbocycles. The summed E-state index contributed by atoms with van der Waals surface area (Å²) in [4.78, 5) is 14.2. The van der Waals surface area contributed by atoms with Gasteiger partial charge in [0.1, 0.15) is 11.5 Å². The quantitative estimate of drug-likeness (QED) is 0.0973. The molecule has 0 spiro atoms. The van der Waals surface area contributed by atoms with E-state index in [0.29, 0.717) is 35.4 Å². The van der Waals surface area contributed by atoms with E-state index in [0.717, 1.165) is 17.5 Å². The molecule has 0 radical (unpaired) electrons. The average molecular weight is 594 g/mol. The van der Waals surface area contributed by atoms with E-state index < -0.39 is 0 Å². The fourth-order valence-corrected chi connectivity index (χ4v) is 5.56. The number of aromatic hydroxyl groups is 1. The highest BCUT2D eigenvalue weighted by molar-refractivity contribution is 5.70. The van der Waals surface area contributed by atoms with Crippen LogP contribution in [0.4, 0.5) is 0 Å². The number of benzene rings is 3. The summed E-state index contributed by atoms with van der Waals surface area (Å²) < 4.78 is 5.97. The van der Waals surface area contributed by atoms with Crippen LogP contribution < -0.4 is 4.74 Å². The highest BCUT2D eigenvalue weighted by Gasteiger charge is 2.15. The minimum absolute atomic E-state index is 0.0960. The minimum atomic E-state index is 0.0960. The highest BCUT2D eigenvalue weighted by Crippen LogP contribution is 2.32. The van der Waals surface area contributed by atoms with Crippen LogP contribution in [0.15, 0.2) is 78.9 Å². The Morgan fingerprint density at radius 3 is 1.39 bits per heavy atom. The molecule has 3 aromatic carbocycles. The normalized spacial score (nSPS) is 11.1. The van der Waals surface area contributed by atoms with Crippen LogP contribution in [0.5, 0.6) is 11.5 Å². The molecule has 0 aliphatic rings. The molecule has 0 fully saturated rings. The molecule has 4 rings (SSSR count). The second-order valence-corrected chi connectivity index (χ2v) is 11.9. The van der Waals surface area contributed by atoms with Crippen LogP contribution >= 0.6 is 0 Å². The number of nitrogens with zero attached hydrogens (tertiary/aromatic N) is 3. The summed E-state index contributed by atoms with van der Waals surface area (Å²) in [7, 11) is 0. The zero-order valence-electron chi connectivity index (χ0n) is 26.7. The van der Waals surface area contributed by atoms with Crippen LogP contribution in [-0.4, -0.2) is 26.7 Å². The molecule has 0 saturated carbocycles. The third-order valence-electron chi connectivity index (χ3n) is 8.18. The average Bonchev–Trinajstić information content (AvgIpc) is 3.07. The lowest BCUT2D eigenvalue weighted by Gasteiger charge is -2.11. The summed E-state index contributed by atoms with van der Waals surface area (Å²) in [5.41, 5.74) is 2.34. The van der Waals surface area contributed by atoms with E-state index in [4.69, 9.17) is 19.7 Å². The highest BCUT2D eigenvalue weighted by atomic mass is 16.5. The Hall–Kier alpha value is -3.73. The van der Waals surface area contributed by atoms with Gasteiger partial charge in [0.05, 0.1) is 12.2 Å². The maximum absolute atomic E-state index is 10.9. The molecule has 0 unspecified atom stereocenters. The molecular weight excluding hydrogens is 542 g/mol. The Balaban J connectivity index is 1.17. The van der Waals surface area contributed by atoms with Gasteiger partial charge in [0.25, 0.3) is 0 Å². The second-order valence-electron chi connectivity index (χ2n) is 11.9. The fraction of sp³-hybridized carbons (Fsp3) is 0.462. The Bertz CT molecular complexity index is 1290. The van der Waals surface area contributed by atoms with Gasteiger partial charge in [-0.15, -0.1) is 0 Å². The van der Waals surface area contributed by atoms with Gasteiger partial charge in [-0.3, -0.25) is 0 Å². The van der Waals surface area contributed by atoms with Gasteiger partial charge in [-0.25, -0.2) is 15.0 Å². The van der Waals surface area contributed by atoms with Crippen LogP contribution in [-0.2, 0) is 0 Å². The first-order valence-electron chi connectivity index (χ1n) is 17.1. The van der Waals surface area contributed by atoms with Gasteiger partial charge in [-0.05, 0) is 18.6 Å². The fourth-order valence-electron chi connectivity index (χ4n) is 5.56. The third kappa shape index (κ3) is 11.4. The van der Waals surface area contributed by atoms with Crippen molar-refractivity contribution in [1.29, 1.82) is 0 Å². The van der Waals surface area contributed by atoms with Crippen molar-refractivity contribution in [2.24, 2.45) is 0 Å². The molecule has 0 bridgehead atoms. The molecule has 234 valence electrons. The standard InChI is InChI=1S/C39H51N3O2/c1-2-3-4-5-6-7-8-9-10-11-12-13-14-15-16-23-30-44-34-28-29-35(36(43)31-34)39-41-37(32-24-19-17-20-25-32)40-38(42-39)33-26-21-18-22-27-33/h17-22,24-29,31,43H,2-16,23,30H2,1H3. The lowest BCUT2D eigenvalue weighted by molar-refractivity contribution is 0.302. The molecule has 1 N–H and O–H groups in total. The van der Waals surface area contributed by atoms with Crippen molar-refractivity contribution in [3.05, 3.63) is 78.9 Å². The lowest BCUT2D eigenvalue weighted by Crippen LogP contribution is -2.01. The monoisotopic (exact) mass is 593 g/mol. The Kier molecular flexibility index (Phi) is 14.7. The maximum Gasteiger partial charge on any atom is 0.167 e. The van der Waals surface area contributed by atoms with E-state index in [1.807, 2.05) is 72.8 Å². The predicted molar refractivity (Wildman–Crippen MR) is 183 cm³/mol. The summed E-state index contributed by atoms with van der Waals surface area (Å²) in [6, 6.07) is 25.1. The number of unbranched alkanes of at least 4 members (excludes halogenated alkanes) is 15. The van der Waals surface area contributed by atoms with E-state index in [-0.39, 0.29) is 5.75 Å². The van der Waals surface area contributed by atoms with Crippen molar-refractivity contribution in [2.45, 2.75) is 110 Å². The molecule has 0 aliphatic heterocycles. The molecule has 1 heterocycles. The van der Waals surface area contributed by atoms with Crippen LogP contribution in [0.25, 0.3) is 34.2 Å². The molecule has 0 amide bonds. The summed E-state index contributed by atoms with van der Waals surface area (Å²) in [5.74, 6) is 2.32. The van der Waals surface area contributed by atoms with E-state index >= 15 is 0 Å². The first-order valence-corrected chi connectivity index (χ1v) is 17.1. The zero-order valence-corrected chi connectivity index (χ0v) is 26.7. The molecule has 1 aromatic heterocycles. The molecular formula is C39H51N3O2. The van der Waals surface area contributed by atoms with Crippen LogP contribution in [0.3, 0.4) is 0 Å². The van der Waals surface area contributed by atoms with Gasteiger partial charge < -0.3 is 9.84 Å². The van der Waals surface area contributed by atoms with Gasteiger partial charge in [0.2, 0.25) is 0 Å². The number of hydrogen-bond donors (Lipinski definition) is 1. The van der Waals surface area contributed by atoms with Crippen LogP contribution in [0.2, 0.25) is 0 Å². The topological polar surface area (TPSA) is 68.1 Å². The lowest BCUT2D eigenvalue weighted by atomic mass is 10.0. The number of ether oxygens (including phenoxy) is 1. The molecule has 5 nitrogen and oxygen atoms in total. The van der Waals surface area contributed by atoms with Gasteiger partial charge in [-0.1, -0.05) is 164 Å². The van der Waals surface area contributed by atoms with E-state index in [1.165, 1.54) is 96.3 Å². The van der Waals surface area contributed by atoms with Gasteiger partial charge in [0.15, 0.2) is 17.5 Å². The number of aromatic nitrogens is 3. The van der Waals surface area contributed by atoms with Crippen molar-refractivity contribution in [3.63, 3.8) is 0 Å². The Morgan fingerprint density at radius 1 is 0.500 bits per heavy atom. The first kappa shape index (κ1) is 33.2. The minimum Gasteiger partial charge on any atom is -0.507 e. The Labute approximate surface area is 265 Å². The molecule has 5 heteroatoms. The molecule has 0 atom stereocenters. The third-order valence-corrected chi connectivity index (χ3v) is 8.18. The van der Waals surface area contributed by atoms with Crippen LogP contribution in [0.1, 0.15) is 110 Å². The Morgan fingerprint density at radius 2 is 0.932 bits per heavy atom. The number of rotatable bonds is 21. The van der Waals surface area contributed by atoms with Crippen molar-refractivity contribution in [3.8, 4) is 45.7 Å². The summed E-state index contributed by atoms with van der Waals surface area (Å²) in [5, 5.41) is 10.9. The maximum atomic E-state index is 10.9. The van der Waals surface area contributed by atoms with E-state index in [2.05, 4.69) is 6.92 Å². The van der Waals surface area contributed by atoms with Crippen LogP contribution in [0, 0.1) is 0 Å². The van der Waals surface area contributed by atoms with Gasteiger partial charge in [-0.2, -0.15) is 0 Å². The smallest absolute Gasteiger partial charge is 0.167 e. The molecule has 4 aromatic rings. The summed E-state index contributed by atoms with van der Waals surface area (Å²) in [6.45, 7) is 2.94. The predicted octanol–water partition coefficient (Wildman–Crippen LogP) is 11.2. The number of phenolic OH excluding ortho intramolecular Hbond substituents is 1. The van der Waals surface area contributed by atoms with Crippen molar-refractivity contribution in [1.82, 2.24) is 15.0 Å². The van der Waals surface area contributed by atoms with Crippen molar-refractivity contribution < 1.29 is 9.84 Å². The summed E-state index contributed by atoms with van der Waals surface area (Å²) >= 11 is 0. The first-order chi connectivity index (χ1) is 21.7. The van der Waals surface area contributed by atoms with Crippen molar-refractivity contribution >= 4 is 0 Å². The van der Waals surface area contributed by atoms with Gasteiger partial charge in [0, 0.05) is 17.2 Å². The largest absolute Gasteiger partial charge is 0.507 e. The van der Waals surface area contributed by atoms with E-state index in [1.54, 1.807) is 6.07 Å². The van der Waals surface area contributed by atoms with Crippen molar-refractivity contribution in [2.75, 3.05) is 6.61 Å². The zero-order chi connectivity index (χ0) is 30.7. The SMILES string of the molecule is CCCCCCCCCCCCCCCCCCOc1ccc(-c2nc(-c3ccccc3)nc(-c3ccccc3)n2)c(O)c1. The van der Waals surface area contributed by atoms with Gasteiger partial charge >= 0.3 is 0 Å².